The summed E-state index contributed by atoms with van der Waals surface area (Å²) in [7, 11) is 1.93. The Hall–Kier alpha value is -1.95. The Kier molecular flexibility index (Phi) is 3.79. The van der Waals surface area contributed by atoms with E-state index in [4.69, 9.17) is 11.6 Å². The minimum atomic E-state index is -0.291. The average Bonchev–Trinajstić information content (AvgIpc) is 3.07. The van der Waals surface area contributed by atoms with Crippen LogP contribution in [0.3, 0.4) is 0 Å². The summed E-state index contributed by atoms with van der Waals surface area (Å²) in [5, 5.41) is 1.39. The average molecular weight is 373 g/mol. The number of amides is 1. The van der Waals surface area contributed by atoms with Crippen molar-refractivity contribution in [3.05, 3.63) is 62.7 Å². The lowest BCUT2D eigenvalue weighted by Crippen LogP contribution is -2.13. The number of nitrogens with zero attached hydrogens (tertiary/aromatic N) is 2. The number of thiazole rings is 1. The molecular weight excluding hydrogens is 360 g/mol. The Morgan fingerprint density at radius 3 is 2.58 bits per heavy atom. The molecule has 0 spiro atoms. The lowest BCUT2D eigenvalue weighted by molar-refractivity contribution is 0.100. The van der Waals surface area contributed by atoms with Crippen molar-refractivity contribution in [2.24, 2.45) is 12.0 Å². The summed E-state index contributed by atoms with van der Waals surface area (Å²) in [6.45, 7) is 2.06. The number of rotatable bonds is 1. The van der Waals surface area contributed by atoms with Crippen molar-refractivity contribution in [1.82, 2.24) is 4.57 Å². The Balaban J connectivity index is 1.88. The Morgan fingerprint density at radius 1 is 1.08 bits per heavy atom. The molecule has 0 atom stereocenters. The van der Waals surface area contributed by atoms with Gasteiger partial charge >= 0.3 is 0 Å². The molecule has 3 nitrogen and oxygen atoms in total. The van der Waals surface area contributed by atoms with Crippen LogP contribution in [0.4, 0.5) is 0 Å². The monoisotopic (exact) mass is 372 g/mol. The molecule has 0 aliphatic heterocycles. The number of aryl methyl sites for hydroxylation is 2. The number of halogens is 1. The summed E-state index contributed by atoms with van der Waals surface area (Å²) in [5.41, 5.74) is 2.27. The van der Waals surface area contributed by atoms with E-state index in [0.29, 0.717) is 14.7 Å². The van der Waals surface area contributed by atoms with E-state index in [-0.39, 0.29) is 5.91 Å². The summed E-state index contributed by atoms with van der Waals surface area (Å²) in [6, 6.07) is 13.9. The quantitative estimate of drug-likeness (QED) is 0.454. The van der Waals surface area contributed by atoms with Gasteiger partial charge in [-0.25, -0.2) is 0 Å². The lowest BCUT2D eigenvalue weighted by Gasteiger charge is -1.98. The fourth-order valence-electron chi connectivity index (χ4n) is 2.79. The van der Waals surface area contributed by atoms with E-state index >= 15 is 0 Å². The predicted molar refractivity (Wildman–Crippen MR) is 102 cm³/mol. The maximum absolute atomic E-state index is 12.7. The van der Waals surface area contributed by atoms with Crippen LogP contribution in [0.15, 0.2) is 47.5 Å². The Bertz CT molecular complexity index is 1170. The maximum Gasteiger partial charge on any atom is 0.291 e. The molecule has 4 rings (SSSR count). The number of thiophene rings is 1. The molecule has 0 saturated carbocycles. The highest BCUT2D eigenvalue weighted by atomic mass is 35.5. The molecule has 4 aromatic rings. The minimum absolute atomic E-state index is 0.291. The molecule has 0 bridgehead atoms. The second-order valence-electron chi connectivity index (χ2n) is 5.52. The Labute approximate surface area is 151 Å². The van der Waals surface area contributed by atoms with Crippen molar-refractivity contribution in [2.75, 3.05) is 0 Å². The zero-order valence-corrected chi connectivity index (χ0v) is 15.4. The highest BCUT2D eigenvalue weighted by Gasteiger charge is 2.17. The van der Waals surface area contributed by atoms with Crippen molar-refractivity contribution in [3.63, 3.8) is 0 Å². The Morgan fingerprint density at radius 2 is 1.83 bits per heavy atom. The van der Waals surface area contributed by atoms with Crippen molar-refractivity contribution < 1.29 is 4.79 Å². The van der Waals surface area contributed by atoms with E-state index in [0.717, 1.165) is 20.3 Å². The van der Waals surface area contributed by atoms with Gasteiger partial charge in [0, 0.05) is 17.1 Å². The SMILES string of the molecule is Cc1cccc2sc(=NC(=O)c3sc4ccccc4c3Cl)n(C)c12. The molecule has 120 valence electrons. The van der Waals surface area contributed by atoms with Gasteiger partial charge in [0.05, 0.1) is 15.2 Å². The van der Waals surface area contributed by atoms with Crippen LogP contribution in [0.25, 0.3) is 20.3 Å². The number of carbonyl (C=O) groups excluding carboxylic acids is 1. The first kappa shape index (κ1) is 15.6. The molecule has 0 unspecified atom stereocenters. The minimum Gasteiger partial charge on any atom is -0.319 e. The van der Waals surface area contributed by atoms with Crippen LogP contribution in [0.1, 0.15) is 15.2 Å². The second kappa shape index (κ2) is 5.84. The summed E-state index contributed by atoms with van der Waals surface area (Å²) in [5.74, 6) is -0.291. The standard InChI is InChI=1S/C18H13ClN2OS2/c1-10-6-5-9-13-15(10)21(2)18(24-13)20-17(22)16-14(19)11-7-3-4-8-12(11)23-16/h3-9H,1-2H3. The molecule has 24 heavy (non-hydrogen) atoms. The van der Waals surface area contributed by atoms with Gasteiger partial charge in [-0.15, -0.1) is 11.3 Å². The third-order valence-corrected chi connectivity index (χ3v) is 6.71. The van der Waals surface area contributed by atoms with Crippen molar-refractivity contribution in [2.45, 2.75) is 6.92 Å². The van der Waals surface area contributed by atoms with Gasteiger partial charge in [0.25, 0.3) is 5.91 Å². The molecular formula is C18H13ClN2OS2. The smallest absolute Gasteiger partial charge is 0.291 e. The number of fused-ring (bicyclic) bond motifs is 2. The van der Waals surface area contributed by atoms with Crippen LogP contribution < -0.4 is 4.80 Å². The third-order valence-electron chi connectivity index (χ3n) is 3.95. The van der Waals surface area contributed by atoms with Crippen LogP contribution in [0.5, 0.6) is 0 Å². The normalized spacial score (nSPS) is 12.4. The van der Waals surface area contributed by atoms with Gasteiger partial charge in [-0.3, -0.25) is 4.79 Å². The first-order valence-corrected chi connectivity index (χ1v) is 9.38. The van der Waals surface area contributed by atoms with E-state index < -0.39 is 0 Å². The number of hydrogen-bond acceptors (Lipinski definition) is 3. The van der Waals surface area contributed by atoms with Gasteiger partial charge in [0.15, 0.2) is 4.80 Å². The number of para-hydroxylation sites is 1. The highest BCUT2D eigenvalue weighted by molar-refractivity contribution is 7.21. The van der Waals surface area contributed by atoms with Gasteiger partial charge in [0.1, 0.15) is 4.88 Å². The van der Waals surface area contributed by atoms with Crippen LogP contribution in [0.2, 0.25) is 5.02 Å². The zero-order chi connectivity index (χ0) is 16.8. The third kappa shape index (κ3) is 2.40. The first-order valence-electron chi connectivity index (χ1n) is 7.37. The van der Waals surface area contributed by atoms with Gasteiger partial charge in [-0.2, -0.15) is 4.99 Å². The van der Waals surface area contributed by atoms with Gasteiger partial charge in [0.2, 0.25) is 0 Å². The number of carbonyl (C=O) groups is 1. The predicted octanol–water partition coefficient (Wildman–Crippen LogP) is 5.16. The molecule has 6 heteroatoms. The lowest BCUT2D eigenvalue weighted by atomic mass is 10.2. The molecule has 0 radical (unpaired) electrons. The van der Waals surface area contributed by atoms with Crippen LogP contribution in [-0.4, -0.2) is 10.5 Å². The molecule has 2 heterocycles. The zero-order valence-electron chi connectivity index (χ0n) is 13.0. The summed E-state index contributed by atoms with van der Waals surface area (Å²) >= 11 is 9.29. The van der Waals surface area contributed by atoms with Gasteiger partial charge in [-0.05, 0) is 24.6 Å². The summed E-state index contributed by atoms with van der Waals surface area (Å²) in [4.78, 5) is 18.2. The molecule has 0 aliphatic carbocycles. The summed E-state index contributed by atoms with van der Waals surface area (Å²) in [6.07, 6.45) is 0. The van der Waals surface area contributed by atoms with E-state index in [1.165, 1.54) is 28.2 Å². The first-order chi connectivity index (χ1) is 11.6. The van der Waals surface area contributed by atoms with Crippen LogP contribution in [-0.2, 0) is 7.05 Å². The molecule has 2 aromatic heterocycles. The second-order valence-corrected chi connectivity index (χ2v) is 7.96. The number of benzene rings is 2. The topological polar surface area (TPSA) is 34.4 Å². The van der Waals surface area contributed by atoms with Gasteiger partial charge < -0.3 is 4.57 Å². The van der Waals surface area contributed by atoms with Crippen LogP contribution in [0, 0.1) is 6.92 Å². The number of aromatic nitrogens is 1. The van der Waals surface area contributed by atoms with Crippen molar-refractivity contribution >= 4 is 60.5 Å². The van der Waals surface area contributed by atoms with E-state index in [1.54, 1.807) is 0 Å². The van der Waals surface area contributed by atoms with E-state index in [9.17, 15) is 4.79 Å². The largest absolute Gasteiger partial charge is 0.319 e. The molecule has 0 saturated heterocycles. The molecule has 2 aromatic carbocycles. The summed E-state index contributed by atoms with van der Waals surface area (Å²) < 4.78 is 4.08. The maximum atomic E-state index is 12.7. The fourth-order valence-corrected chi connectivity index (χ4v) is 5.28. The molecule has 1 amide bonds. The van der Waals surface area contributed by atoms with E-state index in [2.05, 4.69) is 18.0 Å². The van der Waals surface area contributed by atoms with Crippen molar-refractivity contribution in [3.8, 4) is 0 Å². The van der Waals surface area contributed by atoms with Crippen LogP contribution >= 0.6 is 34.3 Å². The van der Waals surface area contributed by atoms with E-state index in [1.807, 2.05) is 48.0 Å². The molecule has 0 N–H and O–H groups in total. The van der Waals surface area contributed by atoms with Crippen molar-refractivity contribution in [1.29, 1.82) is 0 Å². The van der Waals surface area contributed by atoms with Gasteiger partial charge in [-0.1, -0.05) is 53.3 Å². The fraction of sp³-hybridized carbons (Fsp3) is 0.111. The highest BCUT2D eigenvalue weighted by Crippen LogP contribution is 2.35. The number of hydrogen-bond donors (Lipinski definition) is 0. The molecule has 0 aliphatic rings. The molecule has 0 fully saturated rings.